The summed E-state index contributed by atoms with van der Waals surface area (Å²) in [6.45, 7) is 4.59. The average molecular weight is 489 g/mol. The minimum absolute atomic E-state index is 0.0397. The van der Waals surface area contributed by atoms with Crippen LogP contribution in [0.25, 0.3) is 0 Å². The van der Waals surface area contributed by atoms with E-state index in [2.05, 4.69) is 10.6 Å². The third kappa shape index (κ3) is 4.97. The zero-order valence-corrected chi connectivity index (χ0v) is 19.5. The Morgan fingerprint density at radius 3 is 2.40 bits per heavy atom. The molecule has 30 heavy (non-hydrogen) atoms. The standard InChI is InChI=1S/C21H21Cl4N3O2/c1-11(2)26-21(30)13-5-3-7-16-12(13)6-4-8-28(16)10-17(29)27-20-18(24)14(22)9-15(23)19(20)25/h3,5,7,9,11H,4,6,8,10H2,1-2H3,(H,26,30)(H,27,29). The van der Waals surface area contributed by atoms with Gasteiger partial charge in [-0.25, -0.2) is 0 Å². The lowest BCUT2D eigenvalue weighted by Crippen LogP contribution is -2.38. The highest BCUT2D eigenvalue weighted by Gasteiger charge is 2.25. The molecule has 5 nitrogen and oxygen atoms in total. The van der Waals surface area contributed by atoms with Gasteiger partial charge >= 0.3 is 0 Å². The molecule has 9 heteroatoms. The number of benzene rings is 2. The molecule has 0 radical (unpaired) electrons. The van der Waals surface area contributed by atoms with Crippen LogP contribution < -0.4 is 15.5 Å². The van der Waals surface area contributed by atoms with E-state index >= 15 is 0 Å². The van der Waals surface area contributed by atoms with Gasteiger partial charge in [-0.05, 0) is 50.5 Å². The Kier molecular flexibility index (Phi) is 7.40. The van der Waals surface area contributed by atoms with E-state index in [1.165, 1.54) is 6.07 Å². The Morgan fingerprint density at radius 2 is 1.77 bits per heavy atom. The van der Waals surface area contributed by atoms with Gasteiger partial charge in [0.15, 0.2) is 0 Å². The van der Waals surface area contributed by atoms with Crippen molar-refractivity contribution in [2.45, 2.75) is 32.7 Å². The van der Waals surface area contributed by atoms with Crippen LogP contribution >= 0.6 is 46.4 Å². The number of anilines is 2. The summed E-state index contributed by atoms with van der Waals surface area (Å²) < 4.78 is 0. The molecular formula is C21H21Cl4N3O2. The number of carbonyl (C=O) groups excluding carboxylic acids is 2. The average Bonchev–Trinajstić information content (AvgIpc) is 2.69. The van der Waals surface area contributed by atoms with E-state index in [0.717, 1.165) is 24.1 Å². The van der Waals surface area contributed by atoms with E-state index in [0.29, 0.717) is 12.1 Å². The lowest BCUT2D eigenvalue weighted by molar-refractivity contribution is -0.115. The van der Waals surface area contributed by atoms with Crippen LogP contribution in [0.4, 0.5) is 11.4 Å². The van der Waals surface area contributed by atoms with E-state index in [1.807, 2.05) is 36.9 Å². The van der Waals surface area contributed by atoms with Crippen molar-refractivity contribution in [3.05, 3.63) is 55.5 Å². The maximum absolute atomic E-state index is 12.7. The number of rotatable bonds is 5. The van der Waals surface area contributed by atoms with Crippen molar-refractivity contribution in [1.29, 1.82) is 0 Å². The predicted octanol–water partition coefficient (Wildman–Crippen LogP) is 5.83. The number of nitrogens with zero attached hydrogens (tertiary/aromatic N) is 1. The number of fused-ring (bicyclic) bond motifs is 1. The Balaban J connectivity index is 1.82. The SMILES string of the molecule is CC(C)NC(=O)c1cccc2c1CCCN2CC(=O)Nc1c(Cl)c(Cl)cc(Cl)c1Cl. The van der Waals surface area contributed by atoms with Crippen molar-refractivity contribution in [2.75, 3.05) is 23.3 Å². The van der Waals surface area contributed by atoms with Crippen LogP contribution in [0.3, 0.4) is 0 Å². The van der Waals surface area contributed by atoms with E-state index < -0.39 is 0 Å². The molecule has 0 unspecified atom stereocenters. The largest absolute Gasteiger partial charge is 0.362 e. The number of nitrogens with one attached hydrogen (secondary N) is 2. The quantitative estimate of drug-likeness (QED) is 0.520. The smallest absolute Gasteiger partial charge is 0.251 e. The first-order valence-electron chi connectivity index (χ1n) is 9.49. The first-order chi connectivity index (χ1) is 14.2. The molecule has 1 aliphatic heterocycles. The van der Waals surface area contributed by atoms with E-state index in [1.54, 1.807) is 0 Å². The van der Waals surface area contributed by atoms with Crippen LogP contribution in [-0.4, -0.2) is 30.9 Å². The van der Waals surface area contributed by atoms with Crippen molar-refractivity contribution < 1.29 is 9.59 Å². The summed E-state index contributed by atoms with van der Waals surface area (Å²) >= 11 is 24.5. The first-order valence-corrected chi connectivity index (χ1v) is 11.0. The maximum Gasteiger partial charge on any atom is 0.251 e. The summed E-state index contributed by atoms with van der Waals surface area (Å²) in [6, 6.07) is 7.03. The molecule has 0 atom stereocenters. The van der Waals surface area contributed by atoms with E-state index in [9.17, 15) is 9.59 Å². The molecule has 2 N–H and O–H groups in total. The maximum atomic E-state index is 12.7. The van der Waals surface area contributed by atoms with Crippen LogP contribution in [-0.2, 0) is 11.2 Å². The Hall–Kier alpha value is -1.66. The van der Waals surface area contributed by atoms with Gasteiger partial charge in [0, 0.05) is 23.8 Å². The molecule has 0 aliphatic carbocycles. The summed E-state index contributed by atoms with van der Waals surface area (Å²) in [5.41, 5.74) is 2.63. The van der Waals surface area contributed by atoms with Crippen molar-refractivity contribution in [3.8, 4) is 0 Å². The molecule has 0 fully saturated rings. The molecule has 0 saturated heterocycles. The van der Waals surface area contributed by atoms with Crippen molar-refractivity contribution in [1.82, 2.24) is 5.32 Å². The molecule has 160 valence electrons. The Morgan fingerprint density at radius 1 is 1.10 bits per heavy atom. The third-order valence-corrected chi connectivity index (χ3v) is 6.30. The minimum atomic E-state index is -0.318. The number of hydrogen-bond acceptors (Lipinski definition) is 3. The van der Waals surface area contributed by atoms with Gasteiger partial charge in [-0.1, -0.05) is 52.5 Å². The highest BCUT2D eigenvalue weighted by molar-refractivity contribution is 6.50. The molecule has 0 aromatic heterocycles. The van der Waals surface area contributed by atoms with Crippen molar-refractivity contribution in [3.63, 3.8) is 0 Å². The van der Waals surface area contributed by atoms with Crippen molar-refractivity contribution >= 4 is 69.6 Å². The van der Waals surface area contributed by atoms with Gasteiger partial charge in [-0.2, -0.15) is 0 Å². The van der Waals surface area contributed by atoms with Crippen LogP contribution in [0.5, 0.6) is 0 Å². The molecule has 0 saturated carbocycles. The van der Waals surface area contributed by atoms with Crippen LogP contribution in [0.1, 0.15) is 36.2 Å². The lowest BCUT2D eigenvalue weighted by Gasteiger charge is -2.32. The number of amides is 2. The monoisotopic (exact) mass is 487 g/mol. The van der Waals surface area contributed by atoms with Gasteiger partial charge in [0.1, 0.15) is 0 Å². The predicted molar refractivity (Wildman–Crippen MR) is 125 cm³/mol. The van der Waals surface area contributed by atoms with Gasteiger partial charge in [0.25, 0.3) is 5.91 Å². The normalized spacial score (nSPS) is 13.2. The first kappa shape index (κ1) is 23.0. The van der Waals surface area contributed by atoms with Gasteiger partial charge in [-0.3, -0.25) is 9.59 Å². The van der Waals surface area contributed by atoms with Gasteiger partial charge in [0.2, 0.25) is 5.91 Å². The molecule has 2 aromatic rings. The second-order valence-electron chi connectivity index (χ2n) is 7.35. The lowest BCUT2D eigenvalue weighted by atomic mass is 9.95. The molecule has 2 aromatic carbocycles. The fraction of sp³-hybridized carbons (Fsp3) is 0.333. The zero-order valence-electron chi connectivity index (χ0n) is 16.5. The fourth-order valence-corrected chi connectivity index (χ4v) is 4.36. The number of halogens is 4. The summed E-state index contributed by atoms with van der Waals surface area (Å²) in [7, 11) is 0. The number of hydrogen-bond donors (Lipinski definition) is 2. The Bertz CT molecular complexity index is 968. The van der Waals surface area contributed by atoms with Crippen LogP contribution in [0.2, 0.25) is 20.1 Å². The molecule has 2 amide bonds. The van der Waals surface area contributed by atoms with E-state index in [4.69, 9.17) is 46.4 Å². The molecule has 1 aliphatic rings. The summed E-state index contributed by atoms with van der Waals surface area (Å²) in [5, 5.41) is 6.30. The zero-order chi connectivity index (χ0) is 22.0. The second kappa shape index (κ2) is 9.65. The molecule has 0 bridgehead atoms. The highest BCUT2D eigenvalue weighted by Crippen LogP contribution is 2.41. The topological polar surface area (TPSA) is 61.4 Å². The number of carbonyl (C=O) groups is 2. The second-order valence-corrected chi connectivity index (χ2v) is 8.92. The third-order valence-electron chi connectivity index (χ3n) is 4.72. The summed E-state index contributed by atoms with van der Waals surface area (Å²) in [4.78, 5) is 27.3. The fourth-order valence-electron chi connectivity index (χ4n) is 3.45. The van der Waals surface area contributed by atoms with Crippen molar-refractivity contribution in [2.24, 2.45) is 0 Å². The summed E-state index contributed by atoms with van der Waals surface area (Å²) in [6.07, 6.45) is 1.60. The van der Waals surface area contributed by atoms with Crippen LogP contribution in [0.15, 0.2) is 24.3 Å². The summed E-state index contributed by atoms with van der Waals surface area (Å²) in [5.74, 6) is -0.428. The minimum Gasteiger partial charge on any atom is -0.362 e. The molecule has 3 rings (SSSR count). The molecule has 0 spiro atoms. The Labute approximate surface area is 195 Å². The van der Waals surface area contributed by atoms with Crippen LogP contribution in [0, 0.1) is 0 Å². The van der Waals surface area contributed by atoms with Gasteiger partial charge in [0.05, 0.1) is 32.3 Å². The highest BCUT2D eigenvalue weighted by atomic mass is 35.5. The molecule has 1 heterocycles. The van der Waals surface area contributed by atoms with Gasteiger partial charge < -0.3 is 15.5 Å². The van der Waals surface area contributed by atoms with Gasteiger partial charge in [-0.15, -0.1) is 0 Å². The molecular weight excluding hydrogens is 468 g/mol. The van der Waals surface area contributed by atoms with E-state index in [-0.39, 0.29) is 50.2 Å².